The molecule has 0 fully saturated rings. The van der Waals surface area contributed by atoms with Gasteiger partial charge in [0, 0.05) is 5.39 Å². The highest BCUT2D eigenvalue weighted by Gasteiger charge is 2.19. The monoisotopic (exact) mass is 446 g/mol. The molecule has 0 saturated heterocycles. The minimum Gasteiger partial charge on any atom is -0.493 e. The van der Waals surface area contributed by atoms with Crippen LogP contribution in [0.2, 0.25) is 0 Å². The molecule has 1 aliphatic heterocycles. The molecular formula is C23H18N4O6. The van der Waals surface area contributed by atoms with Crippen LogP contribution in [0.4, 0.5) is 5.69 Å². The first kappa shape index (κ1) is 20.3. The van der Waals surface area contributed by atoms with Crippen LogP contribution in [0.1, 0.15) is 16.1 Å². The smallest absolute Gasteiger partial charge is 0.287 e. The number of fused-ring (bicyclic) bond motifs is 2. The van der Waals surface area contributed by atoms with Crippen LogP contribution < -0.4 is 14.8 Å². The van der Waals surface area contributed by atoms with E-state index in [1.165, 1.54) is 12.3 Å². The van der Waals surface area contributed by atoms with E-state index in [4.69, 9.17) is 13.9 Å². The number of furan rings is 1. The molecule has 10 heteroatoms. The minimum atomic E-state index is -0.679. The molecule has 2 aromatic heterocycles. The number of nitrogens with zero attached hydrogens (tertiary/aromatic N) is 3. The van der Waals surface area contributed by atoms with Crippen molar-refractivity contribution in [3.8, 4) is 17.4 Å². The van der Waals surface area contributed by atoms with E-state index in [1.807, 2.05) is 30.3 Å². The molecule has 0 aliphatic carbocycles. The highest BCUT2D eigenvalue weighted by molar-refractivity contribution is 5.96. The van der Waals surface area contributed by atoms with Crippen LogP contribution in [0, 0.1) is 0 Å². The van der Waals surface area contributed by atoms with E-state index >= 15 is 0 Å². The fourth-order valence-corrected chi connectivity index (χ4v) is 3.54. The number of hydrogen-bond donors (Lipinski definition) is 2. The maximum Gasteiger partial charge on any atom is 0.287 e. The summed E-state index contributed by atoms with van der Waals surface area (Å²) in [5.74, 6) is 0.0562. The van der Waals surface area contributed by atoms with Gasteiger partial charge in [-0.2, -0.15) is 0 Å². The number of benzene rings is 2. The summed E-state index contributed by atoms with van der Waals surface area (Å²) in [7, 11) is 0. The lowest BCUT2D eigenvalue weighted by Crippen LogP contribution is -2.28. The topological polar surface area (TPSA) is 128 Å². The quantitative estimate of drug-likeness (QED) is 0.434. The third kappa shape index (κ3) is 4.01. The van der Waals surface area contributed by atoms with E-state index in [1.54, 1.807) is 22.8 Å². The number of aromatic hydroxyl groups is 1. The zero-order chi connectivity index (χ0) is 22.8. The lowest BCUT2D eigenvalue weighted by molar-refractivity contribution is -0.117. The second-order valence-electron chi connectivity index (χ2n) is 7.22. The second kappa shape index (κ2) is 8.50. The average Bonchev–Trinajstić information content (AvgIpc) is 3.57. The first-order valence-electron chi connectivity index (χ1n) is 10.0. The maximum atomic E-state index is 12.1. The lowest BCUT2D eigenvalue weighted by Gasteiger charge is -2.08. The summed E-state index contributed by atoms with van der Waals surface area (Å²) in [5, 5.41) is 21.6. The third-order valence-corrected chi connectivity index (χ3v) is 5.10. The first-order valence-corrected chi connectivity index (χ1v) is 10.0. The number of amides is 2. The Kier molecular flexibility index (Phi) is 5.23. The number of azo groups is 1. The summed E-state index contributed by atoms with van der Waals surface area (Å²) >= 11 is 0. The highest BCUT2D eigenvalue weighted by Crippen LogP contribution is 2.40. The molecule has 3 heterocycles. The fourth-order valence-electron chi connectivity index (χ4n) is 3.54. The van der Waals surface area contributed by atoms with Crippen LogP contribution in [0.3, 0.4) is 0 Å². The van der Waals surface area contributed by atoms with Gasteiger partial charge in [-0.3, -0.25) is 9.59 Å². The zero-order valence-electron chi connectivity index (χ0n) is 17.2. The van der Waals surface area contributed by atoms with Crippen molar-refractivity contribution in [3.63, 3.8) is 0 Å². The molecule has 5 rings (SSSR count). The van der Waals surface area contributed by atoms with Crippen molar-refractivity contribution < 1.29 is 28.6 Å². The van der Waals surface area contributed by atoms with E-state index in [-0.39, 0.29) is 30.7 Å². The second-order valence-corrected chi connectivity index (χ2v) is 7.22. The molecule has 2 N–H and O–H groups in total. The van der Waals surface area contributed by atoms with Crippen molar-refractivity contribution >= 4 is 28.4 Å². The summed E-state index contributed by atoms with van der Waals surface area (Å²) < 4.78 is 17.4. The van der Waals surface area contributed by atoms with Crippen molar-refractivity contribution in [3.05, 3.63) is 72.2 Å². The van der Waals surface area contributed by atoms with Gasteiger partial charge in [0.1, 0.15) is 6.54 Å². The normalized spacial score (nSPS) is 12.5. The molecule has 2 amide bonds. The van der Waals surface area contributed by atoms with Gasteiger partial charge in [-0.05, 0) is 35.9 Å². The molecule has 33 heavy (non-hydrogen) atoms. The van der Waals surface area contributed by atoms with Crippen molar-refractivity contribution in [1.82, 2.24) is 9.88 Å². The SMILES string of the molecule is O=C(CNC(=O)c1ccco1)N=Nc1c(O)n(Cc2ccc3c(c2)OCO3)c2ccccc12. The van der Waals surface area contributed by atoms with Crippen LogP contribution in [-0.4, -0.2) is 34.8 Å². The molecule has 0 atom stereocenters. The van der Waals surface area contributed by atoms with Gasteiger partial charge in [0.15, 0.2) is 22.9 Å². The summed E-state index contributed by atoms with van der Waals surface area (Å²) in [6, 6.07) is 15.9. The molecule has 0 unspecified atom stereocenters. The summed E-state index contributed by atoms with van der Waals surface area (Å²) in [4.78, 5) is 24.0. The molecule has 1 aliphatic rings. The van der Waals surface area contributed by atoms with Gasteiger partial charge in [-0.25, -0.2) is 0 Å². The number of para-hydroxylation sites is 1. The van der Waals surface area contributed by atoms with Gasteiger partial charge in [0.2, 0.25) is 12.7 Å². The molecule has 10 nitrogen and oxygen atoms in total. The van der Waals surface area contributed by atoms with E-state index in [9.17, 15) is 14.7 Å². The van der Waals surface area contributed by atoms with Crippen molar-refractivity contribution in [2.24, 2.45) is 10.2 Å². The van der Waals surface area contributed by atoms with Crippen molar-refractivity contribution in [2.45, 2.75) is 6.54 Å². The molecule has 0 radical (unpaired) electrons. The lowest BCUT2D eigenvalue weighted by atomic mass is 10.2. The maximum absolute atomic E-state index is 12.1. The minimum absolute atomic E-state index is 0.0870. The number of rotatable bonds is 6. The molecule has 0 spiro atoms. The molecular weight excluding hydrogens is 428 g/mol. The Morgan fingerprint density at radius 2 is 1.91 bits per heavy atom. The van der Waals surface area contributed by atoms with Gasteiger partial charge < -0.3 is 28.9 Å². The van der Waals surface area contributed by atoms with Gasteiger partial charge in [0.25, 0.3) is 11.8 Å². The number of carbonyl (C=O) groups is 2. The first-order chi connectivity index (χ1) is 16.1. The standard InChI is InChI=1S/C23H18N4O6/c28-20(11-24-22(29)18-6-3-9-31-18)25-26-21-15-4-1-2-5-16(15)27(23(21)30)12-14-7-8-17-19(10-14)33-13-32-17/h1-10,30H,11-13H2,(H,24,29). The predicted octanol–water partition coefficient (Wildman–Crippen LogP) is 3.76. The summed E-state index contributed by atoms with van der Waals surface area (Å²) in [6.45, 7) is 0.155. The Labute approximate surface area is 187 Å². The largest absolute Gasteiger partial charge is 0.493 e. The van der Waals surface area contributed by atoms with E-state index in [0.29, 0.717) is 23.4 Å². The molecule has 2 aromatic carbocycles. The number of hydrogen-bond acceptors (Lipinski definition) is 7. The van der Waals surface area contributed by atoms with E-state index in [2.05, 4.69) is 15.5 Å². The van der Waals surface area contributed by atoms with E-state index < -0.39 is 11.8 Å². The van der Waals surface area contributed by atoms with Crippen LogP contribution in [0.15, 0.2) is 75.5 Å². The van der Waals surface area contributed by atoms with Crippen molar-refractivity contribution in [2.75, 3.05) is 13.3 Å². The Bertz CT molecular complexity index is 1370. The summed E-state index contributed by atoms with van der Waals surface area (Å²) in [5.41, 5.74) is 1.77. The van der Waals surface area contributed by atoms with Gasteiger partial charge in [-0.15, -0.1) is 10.2 Å². The molecule has 0 bridgehead atoms. The highest BCUT2D eigenvalue weighted by atomic mass is 16.7. The van der Waals surface area contributed by atoms with Crippen LogP contribution in [-0.2, 0) is 11.3 Å². The fraction of sp³-hybridized carbons (Fsp3) is 0.130. The van der Waals surface area contributed by atoms with Crippen LogP contribution in [0.25, 0.3) is 10.9 Å². The van der Waals surface area contributed by atoms with Crippen LogP contribution in [0.5, 0.6) is 17.4 Å². The Morgan fingerprint density at radius 1 is 1.06 bits per heavy atom. The molecule has 4 aromatic rings. The summed E-state index contributed by atoms with van der Waals surface area (Å²) in [6.07, 6.45) is 1.36. The predicted molar refractivity (Wildman–Crippen MR) is 116 cm³/mol. The van der Waals surface area contributed by atoms with Gasteiger partial charge >= 0.3 is 0 Å². The number of aromatic nitrogens is 1. The Hall–Kier alpha value is -4.60. The third-order valence-electron chi connectivity index (χ3n) is 5.10. The van der Waals surface area contributed by atoms with E-state index in [0.717, 1.165) is 11.1 Å². The number of ether oxygens (including phenoxy) is 2. The van der Waals surface area contributed by atoms with Gasteiger partial charge in [-0.1, -0.05) is 24.3 Å². The Balaban J connectivity index is 1.37. The van der Waals surface area contributed by atoms with Crippen LogP contribution >= 0.6 is 0 Å². The average molecular weight is 446 g/mol. The Morgan fingerprint density at radius 3 is 2.76 bits per heavy atom. The number of nitrogens with one attached hydrogen (secondary N) is 1. The molecule has 166 valence electrons. The molecule has 0 saturated carbocycles. The van der Waals surface area contributed by atoms with Crippen molar-refractivity contribution in [1.29, 1.82) is 0 Å². The van der Waals surface area contributed by atoms with Gasteiger partial charge in [0.05, 0.1) is 18.3 Å². The zero-order valence-corrected chi connectivity index (χ0v) is 17.2. The number of carbonyl (C=O) groups excluding carboxylic acids is 2.